The molecule has 0 saturated carbocycles. The molecule has 2 aromatic rings. The van der Waals surface area contributed by atoms with Crippen LogP contribution in [0, 0.1) is 0 Å². The molecule has 1 aromatic carbocycles. The molecule has 0 N–H and O–H groups in total. The molecule has 0 aliphatic carbocycles. The van der Waals surface area contributed by atoms with Gasteiger partial charge in [-0.3, -0.25) is 0 Å². The lowest BCUT2D eigenvalue weighted by atomic mass is 9.99. The molecule has 0 radical (unpaired) electrons. The van der Waals surface area contributed by atoms with Gasteiger partial charge in [0.05, 0.1) is 0 Å². The Hall–Kier alpha value is -1.58. The van der Waals surface area contributed by atoms with Crippen LogP contribution in [0.4, 0.5) is 0 Å². The van der Waals surface area contributed by atoms with Crippen LogP contribution >= 0.6 is 0 Å². The Balaban J connectivity index is 1.91. The van der Waals surface area contributed by atoms with Crippen molar-refractivity contribution in [2.75, 3.05) is 34.2 Å². The van der Waals surface area contributed by atoms with Crippen LogP contribution in [0.2, 0.25) is 0 Å². The van der Waals surface area contributed by atoms with E-state index in [4.69, 9.17) is 0 Å². The van der Waals surface area contributed by atoms with E-state index in [9.17, 15) is 0 Å². The first-order chi connectivity index (χ1) is 10.5. The summed E-state index contributed by atoms with van der Waals surface area (Å²) < 4.78 is 2.39. The fourth-order valence-corrected chi connectivity index (χ4v) is 3.02. The maximum Gasteiger partial charge on any atom is 0.0486 e. The van der Waals surface area contributed by atoms with E-state index in [-0.39, 0.29) is 0 Å². The van der Waals surface area contributed by atoms with E-state index in [2.05, 4.69) is 79.0 Å². The van der Waals surface area contributed by atoms with Crippen molar-refractivity contribution in [2.45, 2.75) is 25.9 Å². The largest absolute Gasteiger partial charge is 0.346 e. The van der Waals surface area contributed by atoms with Gasteiger partial charge in [-0.2, -0.15) is 0 Å². The van der Waals surface area contributed by atoms with Crippen molar-refractivity contribution in [3.63, 3.8) is 0 Å². The van der Waals surface area contributed by atoms with Crippen molar-refractivity contribution in [3.05, 3.63) is 42.1 Å². The molecule has 0 bridgehead atoms. The first-order valence-electron chi connectivity index (χ1n) is 8.18. The summed E-state index contributed by atoms with van der Waals surface area (Å²) in [6.07, 6.45) is 5.74. The van der Waals surface area contributed by atoms with Crippen molar-refractivity contribution in [1.82, 2.24) is 14.4 Å². The molecule has 0 spiro atoms. The Bertz CT molecular complexity index is 681. The number of aromatic nitrogens is 1. The highest BCUT2D eigenvalue weighted by atomic mass is 15.1. The summed E-state index contributed by atoms with van der Waals surface area (Å²) in [7, 11) is 6.47. The molecular weight excluding hydrogens is 270 g/mol. The molecule has 0 saturated heterocycles. The highest BCUT2D eigenvalue weighted by Gasteiger charge is 2.12. The van der Waals surface area contributed by atoms with E-state index in [1.54, 1.807) is 0 Å². The molecule has 1 atom stereocenters. The van der Waals surface area contributed by atoms with Crippen molar-refractivity contribution in [1.29, 1.82) is 0 Å². The van der Waals surface area contributed by atoms with Crippen molar-refractivity contribution >= 4 is 16.5 Å². The normalized spacial score (nSPS) is 18.0. The van der Waals surface area contributed by atoms with Gasteiger partial charge >= 0.3 is 0 Å². The molecule has 3 rings (SSSR count). The zero-order valence-corrected chi connectivity index (χ0v) is 14.2. The monoisotopic (exact) mass is 297 g/mol. The minimum absolute atomic E-state index is 0.529. The standard InChI is InChI=1S/C19H27N3/c1-15(20(2)3)14-22-12-9-17-5-6-18(13-19(17)22)16-7-10-21(4)11-8-16/h5-7,9,12-13,15H,8,10-11,14H2,1-4H3. The molecule has 3 heteroatoms. The van der Waals surface area contributed by atoms with Gasteiger partial charge in [0.1, 0.15) is 0 Å². The number of hydrogen-bond donors (Lipinski definition) is 0. The van der Waals surface area contributed by atoms with Gasteiger partial charge in [-0.15, -0.1) is 0 Å². The molecule has 1 unspecified atom stereocenters. The van der Waals surface area contributed by atoms with E-state index >= 15 is 0 Å². The average molecular weight is 297 g/mol. The Morgan fingerprint density at radius 3 is 2.73 bits per heavy atom. The summed E-state index contributed by atoms with van der Waals surface area (Å²) in [6, 6.07) is 9.67. The van der Waals surface area contributed by atoms with Gasteiger partial charge in [0, 0.05) is 37.4 Å². The van der Waals surface area contributed by atoms with E-state index < -0.39 is 0 Å². The molecular formula is C19H27N3. The van der Waals surface area contributed by atoms with Gasteiger partial charge in [-0.25, -0.2) is 0 Å². The Kier molecular flexibility index (Phi) is 4.37. The summed E-state index contributed by atoms with van der Waals surface area (Å²) in [5, 5.41) is 1.34. The third kappa shape index (κ3) is 3.11. The fourth-order valence-electron chi connectivity index (χ4n) is 3.02. The molecule has 0 amide bonds. The molecule has 22 heavy (non-hydrogen) atoms. The van der Waals surface area contributed by atoms with Crippen LogP contribution in [0.1, 0.15) is 18.9 Å². The number of nitrogens with zero attached hydrogens (tertiary/aromatic N) is 3. The molecule has 1 aliphatic rings. The molecule has 0 fully saturated rings. The van der Waals surface area contributed by atoms with E-state index in [0.29, 0.717) is 6.04 Å². The van der Waals surface area contributed by atoms with Gasteiger partial charge in [0.15, 0.2) is 0 Å². The Morgan fingerprint density at radius 2 is 2.05 bits per heavy atom. The lowest BCUT2D eigenvalue weighted by molar-refractivity contribution is 0.286. The number of rotatable bonds is 4. The minimum Gasteiger partial charge on any atom is -0.346 e. The van der Waals surface area contributed by atoms with Crippen LogP contribution in [0.5, 0.6) is 0 Å². The smallest absolute Gasteiger partial charge is 0.0486 e. The van der Waals surface area contributed by atoms with Gasteiger partial charge in [0.2, 0.25) is 0 Å². The van der Waals surface area contributed by atoms with Crippen LogP contribution in [0.15, 0.2) is 36.5 Å². The molecule has 118 valence electrons. The quantitative estimate of drug-likeness (QED) is 0.858. The van der Waals surface area contributed by atoms with Gasteiger partial charge < -0.3 is 14.4 Å². The SMILES string of the molecule is CC(Cn1ccc2ccc(C3=CCN(C)CC3)cc21)N(C)C. The summed E-state index contributed by atoms with van der Waals surface area (Å²) in [5.74, 6) is 0. The molecule has 1 aliphatic heterocycles. The maximum atomic E-state index is 2.39. The first kappa shape index (κ1) is 15.3. The highest BCUT2D eigenvalue weighted by Crippen LogP contribution is 2.26. The fraction of sp³-hybridized carbons (Fsp3) is 0.474. The van der Waals surface area contributed by atoms with Gasteiger partial charge in [0.25, 0.3) is 0 Å². The Labute approximate surface area is 133 Å². The van der Waals surface area contributed by atoms with Crippen LogP contribution in [-0.2, 0) is 6.54 Å². The second kappa shape index (κ2) is 6.27. The predicted octanol–water partition coefficient (Wildman–Crippen LogP) is 3.31. The summed E-state index contributed by atoms with van der Waals surface area (Å²) in [4.78, 5) is 4.64. The molecule has 3 nitrogen and oxygen atoms in total. The van der Waals surface area contributed by atoms with Crippen molar-refractivity contribution in [2.24, 2.45) is 0 Å². The number of fused-ring (bicyclic) bond motifs is 1. The lowest BCUT2D eigenvalue weighted by Gasteiger charge is -2.23. The van der Waals surface area contributed by atoms with Crippen molar-refractivity contribution < 1.29 is 0 Å². The van der Waals surface area contributed by atoms with Crippen LogP contribution in [0.3, 0.4) is 0 Å². The first-order valence-corrected chi connectivity index (χ1v) is 8.18. The summed E-state index contributed by atoms with van der Waals surface area (Å²) in [5.41, 5.74) is 4.23. The number of likely N-dealkylation sites (N-methyl/N-ethyl adjacent to an activating group) is 2. The van der Waals surface area contributed by atoms with Gasteiger partial charge in [-0.1, -0.05) is 18.2 Å². The van der Waals surface area contributed by atoms with E-state index in [0.717, 1.165) is 26.1 Å². The van der Waals surface area contributed by atoms with Crippen LogP contribution in [0.25, 0.3) is 16.5 Å². The highest BCUT2D eigenvalue weighted by molar-refractivity contribution is 5.84. The summed E-state index contributed by atoms with van der Waals surface area (Å²) in [6.45, 7) is 5.52. The predicted molar refractivity (Wildman–Crippen MR) is 95.2 cm³/mol. The second-order valence-electron chi connectivity index (χ2n) is 6.80. The maximum absolute atomic E-state index is 2.39. The molecule has 1 aromatic heterocycles. The number of benzene rings is 1. The zero-order chi connectivity index (χ0) is 15.7. The number of hydrogen-bond acceptors (Lipinski definition) is 2. The molecule has 2 heterocycles. The van der Waals surface area contributed by atoms with E-state index in [1.165, 1.54) is 22.0 Å². The second-order valence-corrected chi connectivity index (χ2v) is 6.80. The third-order valence-corrected chi connectivity index (χ3v) is 4.90. The zero-order valence-electron chi connectivity index (χ0n) is 14.2. The minimum atomic E-state index is 0.529. The lowest BCUT2D eigenvalue weighted by Crippen LogP contribution is -2.28. The Morgan fingerprint density at radius 1 is 1.23 bits per heavy atom. The topological polar surface area (TPSA) is 11.4 Å². The van der Waals surface area contributed by atoms with E-state index in [1.807, 2.05) is 0 Å². The third-order valence-electron chi connectivity index (χ3n) is 4.90. The van der Waals surface area contributed by atoms with Crippen LogP contribution < -0.4 is 0 Å². The van der Waals surface area contributed by atoms with Crippen molar-refractivity contribution in [3.8, 4) is 0 Å². The summed E-state index contributed by atoms with van der Waals surface area (Å²) >= 11 is 0. The van der Waals surface area contributed by atoms with Crippen LogP contribution in [-0.4, -0.2) is 54.6 Å². The van der Waals surface area contributed by atoms with Gasteiger partial charge in [-0.05, 0) is 63.1 Å². The average Bonchev–Trinajstić information content (AvgIpc) is 2.90.